The van der Waals surface area contributed by atoms with Crippen molar-refractivity contribution in [2.45, 2.75) is 31.8 Å². The number of ether oxygens (including phenoxy) is 3. The van der Waals surface area contributed by atoms with Gasteiger partial charge in [-0.25, -0.2) is 9.59 Å². The molecule has 0 saturated heterocycles. The molecule has 2 rings (SSSR count). The van der Waals surface area contributed by atoms with Gasteiger partial charge in [0.1, 0.15) is 11.3 Å². The van der Waals surface area contributed by atoms with Crippen LogP contribution in [0.5, 0.6) is 5.75 Å². The van der Waals surface area contributed by atoms with Crippen molar-refractivity contribution in [3.63, 3.8) is 0 Å². The zero-order valence-electron chi connectivity index (χ0n) is 16.7. The summed E-state index contributed by atoms with van der Waals surface area (Å²) in [5, 5.41) is 0. The second kappa shape index (κ2) is 8.97. The molecule has 0 radical (unpaired) electrons. The van der Waals surface area contributed by atoms with Crippen LogP contribution in [0, 0.1) is 13.8 Å². The smallest absolute Gasteiger partial charge is 0.342 e. The molecule has 0 amide bonds. The van der Waals surface area contributed by atoms with Gasteiger partial charge in [-0.2, -0.15) is 0 Å². The highest BCUT2D eigenvalue weighted by atomic mass is 32.2. The molecule has 2 aromatic rings. The van der Waals surface area contributed by atoms with E-state index in [2.05, 4.69) is 4.98 Å². The van der Waals surface area contributed by atoms with E-state index in [4.69, 9.17) is 14.2 Å². The number of aromatic amines is 1. The molecule has 1 aromatic heterocycles. The Morgan fingerprint density at radius 1 is 1.11 bits per heavy atom. The SMILES string of the molecule is COC(=O)c1c(C)[nH]c(C(=O)[C@@H](C)OC(=O)c2ccc(SC)cc2OC)c1C. The van der Waals surface area contributed by atoms with Gasteiger partial charge in [0.2, 0.25) is 5.78 Å². The van der Waals surface area contributed by atoms with Gasteiger partial charge in [-0.15, -0.1) is 11.8 Å². The number of methoxy groups -OCH3 is 2. The molecule has 0 bridgehead atoms. The Bertz CT molecular complexity index is 918. The second-order valence-corrected chi connectivity index (χ2v) is 6.97. The number of esters is 2. The number of aryl methyl sites for hydroxylation is 1. The summed E-state index contributed by atoms with van der Waals surface area (Å²) in [7, 11) is 2.74. The number of rotatable bonds is 7. The van der Waals surface area contributed by atoms with Crippen LogP contribution in [0.15, 0.2) is 23.1 Å². The maximum atomic E-state index is 12.8. The second-order valence-electron chi connectivity index (χ2n) is 6.09. The van der Waals surface area contributed by atoms with Gasteiger partial charge in [-0.05, 0) is 50.8 Å². The molecule has 150 valence electrons. The minimum Gasteiger partial charge on any atom is -0.496 e. The number of Topliss-reactive ketones (excluding diaryl/α,β-unsaturated/α-hetero) is 1. The molecule has 0 aliphatic heterocycles. The summed E-state index contributed by atoms with van der Waals surface area (Å²) >= 11 is 1.52. The third-order valence-electron chi connectivity index (χ3n) is 4.36. The van der Waals surface area contributed by atoms with Gasteiger partial charge < -0.3 is 19.2 Å². The third kappa shape index (κ3) is 4.22. The van der Waals surface area contributed by atoms with E-state index in [1.54, 1.807) is 32.0 Å². The molecule has 7 nitrogen and oxygen atoms in total. The van der Waals surface area contributed by atoms with Crippen molar-refractivity contribution >= 4 is 29.5 Å². The minimum absolute atomic E-state index is 0.211. The van der Waals surface area contributed by atoms with Crippen molar-refractivity contribution in [1.82, 2.24) is 4.98 Å². The Kier molecular flexibility index (Phi) is 6.90. The number of nitrogens with one attached hydrogen (secondary N) is 1. The van der Waals surface area contributed by atoms with E-state index in [1.165, 1.54) is 32.9 Å². The molecular formula is C20H23NO6S. The fourth-order valence-electron chi connectivity index (χ4n) is 2.85. The monoisotopic (exact) mass is 405 g/mol. The summed E-state index contributed by atoms with van der Waals surface area (Å²) in [6.07, 6.45) is 0.858. The first-order valence-electron chi connectivity index (χ1n) is 8.49. The van der Waals surface area contributed by atoms with E-state index in [9.17, 15) is 14.4 Å². The number of H-pyrrole nitrogens is 1. The van der Waals surface area contributed by atoms with Crippen LogP contribution in [0.2, 0.25) is 0 Å². The molecule has 0 unspecified atom stereocenters. The number of hydrogen-bond acceptors (Lipinski definition) is 7. The van der Waals surface area contributed by atoms with E-state index in [0.29, 0.717) is 22.6 Å². The number of hydrogen-bond donors (Lipinski definition) is 1. The van der Waals surface area contributed by atoms with Crippen molar-refractivity contribution < 1.29 is 28.6 Å². The average Bonchev–Trinajstić information content (AvgIpc) is 2.99. The molecule has 0 aliphatic carbocycles. The van der Waals surface area contributed by atoms with Crippen molar-refractivity contribution in [2.24, 2.45) is 0 Å². The normalized spacial score (nSPS) is 11.6. The van der Waals surface area contributed by atoms with Crippen LogP contribution < -0.4 is 4.74 Å². The van der Waals surface area contributed by atoms with E-state index in [1.807, 2.05) is 6.26 Å². The van der Waals surface area contributed by atoms with Crippen molar-refractivity contribution in [3.8, 4) is 5.75 Å². The first kappa shape index (κ1) is 21.6. The topological polar surface area (TPSA) is 94.7 Å². The van der Waals surface area contributed by atoms with Crippen LogP contribution in [0.4, 0.5) is 0 Å². The largest absolute Gasteiger partial charge is 0.496 e. The van der Waals surface area contributed by atoms with E-state index in [0.717, 1.165) is 4.90 Å². The lowest BCUT2D eigenvalue weighted by molar-refractivity contribution is 0.0313. The van der Waals surface area contributed by atoms with Gasteiger partial charge in [0.15, 0.2) is 6.10 Å². The molecule has 1 aromatic carbocycles. The van der Waals surface area contributed by atoms with Gasteiger partial charge in [0.25, 0.3) is 0 Å². The van der Waals surface area contributed by atoms with Crippen LogP contribution in [0.25, 0.3) is 0 Å². The zero-order chi connectivity index (χ0) is 21.0. The summed E-state index contributed by atoms with van der Waals surface area (Å²) in [5.41, 5.74) is 1.72. The van der Waals surface area contributed by atoms with Gasteiger partial charge >= 0.3 is 11.9 Å². The highest BCUT2D eigenvalue weighted by Crippen LogP contribution is 2.27. The fourth-order valence-corrected chi connectivity index (χ4v) is 3.28. The number of carbonyl (C=O) groups is 3. The van der Waals surface area contributed by atoms with Crippen molar-refractivity contribution in [3.05, 3.63) is 46.3 Å². The van der Waals surface area contributed by atoms with Crippen LogP contribution in [-0.4, -0.2) is 49.3 Å². The summed E-state index contributed by atoms with van der Waals surface area (Å²) < 4.78 is 15.4. The number of ketones is 1. The lowest BCUT2D eigenvalue weighted by Gasteiger charge is -2.14. The van der Waals surface area contributed by atoms with E-state index < -0.39 is 23.8 Å². The Morgan fingerprint density at radius 3 is 2.36 bits per heavy atom. The van der Waals surface area contributed by atoms with Gasteiger partial charge in [-0.3, -0.25) is 4.79 Å². The Labute approximate surface area is 167 Å². The lowest BCUT2D eigenvalue weighted by atomic mass is 10.1. The number of benzene rings is 1. The molecule has 0 saturated carbocycles. The maximum absolute atomic E-state index is 12.8. The summed E-state index contributed by atoms with van der Waals surface area (Å²) in [4.78, 5) is 41.0. The Balaban J connectivity index is 2.24. The van der Waals surface area contributed by atoms with E-state index in [-0.39, 0.29) is 11.3 Å². The first-order chi connectivity index (χ1) is 13.2. The Morgan fingerprint density at radius 2 is 1.79 bits per heavy atom. The summed E-state index contributed by atoms with van der Waals surface area (Å²) in [6.45, 7) is 4.79. The third-order valence-corrected chi connectivity index (χ3v) is 5.08. The van der Waals surface area contributed by atoms with Crippen LogP contribution in [0.1, 0.15) is 49.4 Å². The first-order valence-corrected chi connectivity index (χ1v) is 9.72. The minimum atomic E-state index is -1.06. The van der Waals surface area contributed by atoms with Crippen molar-refractivity contribution in [2.75, 3.05) is 20.5 Å². The zero-order valence-corrected chi connectivity index (χ0v) is 17.5. The van der Waals surface area contributed by atoms with Gasteiger partial charge in [0, 0.05) is 10.6 Å². The quantitative estimate of drug-likeness (QED) is 0.427. The predicted octanol–water partition coefficient (Wildman–Crippen LogP) is 3.58. The lowest BCUT2D eigenvalue weighted by Crippen LogP contribution is -2.25. The summed E-state index contributed by atoms with van der Waals surface area (Å²) in [5.74, 6) is -1.27. The standard InChI is InChI=1S/C20H23NO6S/c1-10-16(20(24)26-5)11(2)21-17(10)18(22)12(3)27-19(23)14-8-7-13(28-6)9-15(14)25-4/h7-9,12,21H,1-6H3/t12-/m1/s1. The van der Waals surface area contributed by atoms with Crippen molar-refractivity contribution in [1.29, 1.82) is 0 Å². The average molecular weight is 405 g/mol. The molecule has 0 aliphatic rings. The predicted molar refractivity (Wildman–Crippen MR) is 106 cm³/mol. The van der Waals surface area contributed by atoms with Gasteiger partial charge in [-0.1, -0.05) is 0 Å². The summed E-state index contributed by atoms with van der Waals surface area (Å²) in [6, 6.07) is 5.11. The number of aromatic nitrogens is 1. The Hall–Kier alpha value is -2.74. The maximum Gasteiger partial charge on any atom is 0.342 e. The number of carbonyl (C=O) groups excluding carboxylic acids is 3. The highest BCUT2D eigenvalue weighted by Gasteiger charge is 2.28. The van der Waals surface area contributed by atoms with Crippen LogP contribution in [-0.2, 0) is 9.47 Å². The molecule has 0 fully saturated rings. The molecule has 1 atom stereocenters. The molecular weight excluding hydrogens is 382 g/mol. The molecule has 8 heteroatoms. The molecule has 1 heterocycles. The fraction of sp³-hybridized carbons (Fsp3) is 0.350. The molecule has 1 N–H and O–H groups in total. The van der Waals surface area contributed by atoms with Gasteiger partial charge in [0.05, 0.1) is 25.5 Å². The highest BCUT2D eigenvalue weighted by molar-refractivity contribution is 7.98. The number of thioether (sulfide) groups is 1. The van der Waals surface area contributed by atoms with Crippen LogP contribution >= 0.6 is 11.8 Å². The van der Waals surface area contributed by atoms with Crippen LogP contribution in [0.3, 0.4) is 0 Å². The molecule has 28 heavy (non-hydrogen) atoms. The van der Waals surface area contributed by atoms with E-state index >= 15 is 0 Å². The molecule has 0 spiro atoms.